The molecular formula is C33H34N2O7. The Bertz CT molecular complexity index is 1370. The van der Waals surface area contributed by atoms with Gasteiger partial charge in [0.2, 0.25) is 6.79 Å². The maximum Gasteiger partial charge on any atom is 0.328 e. The highest BCUT2D eigenvalue weighted by atomic mass is 16.7. The van der Waals surface area contributed by atoms with Crippen LogP contribution in [-0.4, -0.2) is 50.6 Å². The van der Waals surface area contributed by atoms with Crippen LogP contribution in [0.25, 0.3) is 0 Å². The van der Waals surface area contributed by atoms with Crippen LogP contribution in [0.3, 0.4) is 0 Å². The largest absolute Gasteiger partial charge is 0.493 e. The van der Waals surface area contributed by atoms with Gasteiger partial charge in [0.15, 0.2) is 17.2 Å². The monoisotopic (exact) mass is 570 g/mol. The average molecular weight is 571 g/mol. The summed E-state index contributed by atoms with van der Waals surface area (Å²) in [5, 5.41) is 2.55. The van der Waals surface area contributed by atoms with E-state index < -0.39 is 36.8 Å². The third-order valence-corrected chi connectivity index (χ3v) is 6.11. The molecule has 2 atom stereocenters. The molecule has 0 aliphatic carbocycles. The molecule has 9 nitrogen and oxygen atoms in total. The highest BCUT2D eigenvalue weighted by Gasteiger charge is 2.29. The zero-order chi connectivity index (χ0) is 31.2. The number of nitrogens with zero attached hydrogens (tertiary/aromatic N) is 1. The Kier molecular flexibility index (Phi) is 12.6. The Hall–Kier alpha value is -5.28. The molecule has 0 bridgehead atoms. The number of methoxy groups -OCH3 is 1. The van der Waals surface area contributed by atoms with Crippen molar-refractivity contribution in [2.75, 3.05) is 13.9 Å². The summed E-state index contributed by atoms with van der Waals surface area (Å²) in [6.07, 6.45) is 11.9. The van der Waals surface area contributed by atoms with E-state index in [0.29, 0.717) is 11.1 Å². The summed E-state index contributed by atoms with van der Waals surface area (Å²) >= 11 is 0. The summed E-state index contributed by atoms with van der Waals surface area (Å²) in [6.45, 7) is 9.01. The molecule has 0 fully saturated rings. The summed E-state index contributed by atoms with van der Waals surface area (Å²) in [5.74, 6) is 2.76. The molecule has 0 aliphatic rings. The van der Waals surface area contributed by atoms with Crippen LogP contribution in [0, 0.1) is 24.7 Å². The predicted octanol–water partition coefficient (Wildman–Crippen LogP) is 4.22. The molecule has 0 unspecified atom stereocenters. The third kappa shape index (κ3) is 8.87. The van der Waals surface area contributed by atoms with Crippen LogP contribution < -0.4 is 5.32 Å². The normalized spacial score (nSPS) is 12.9. The fraction of sp³-hybridized carbons (Fsp3) is 0.273. The first-order valence-electron chi connectivity index (χ1n) is 12.9. The standard InChI is InChI=1S/C33H34N2O7/c1-9-24-12-16-26(17-13-24)29(27-18-14-25(10-2)15-19-27)22(5)42-33(38)21(4)35-32(37)30(34-7)31(28(11-3)39-8)41-20-40-23(6)36/h1-2,11-19,21-22,29H,7,20H2,3-6,8H3,(H,35,37)/b28-11+,31-30+/t21-,22-/m0/s1. The topological polar surface area (TPSA) is 113 Å². The van der Waals surface area contributed by atoms with E-state index in [2.05, 4.69) is 28.9 Å². The van der Waals surface area contributed by atoms with Gasteiger partial charge in [-0.2, -0.15) is 0 Å². The van der Waals surface area contributed by atoms with Crippen molar-refractivity contribution >= 4 is 24.6 Å². The summed E-state index contributed by atoms with van der Waals surface area (Å²) in [5.41, 5.74) is 2.88. The highest BCUT2D eigenvalue weighted by Crippen LogP contribution is 2.31. The van der Waals surface area contributed by atoms with E-state index in [1.165, 1.54) is 27.0 Å². The average Bonchev–Trinajstić information content (AvgIpc) is 2.98. The first kappa shape index (κ1) is 32.9. The predicted molar refractivity (Wildman–Crippen MR) is 159 cm³/mol. The molecule has 0 saturated heterocycles. The van der Waals surface area contributed by atoms with Crippen LogP contribution in [0.1, 0.15) is 55.9 Å². The van der Waals surface area contributed by atoms with Crippen LogP contribution in [0.2, 0.25) is 0 Å². The van der Waals surface area contributed by atoms with Crippen LogP contribution >= 0.6 is 0 Å². The number of hydrogen-bond acceptors (Lipinski definition) is 8. The number of carbonyl (C=O) groups is 3. The van der Waals surface area contributed by atoms with Crippen molar-refractivity contribution < 1.29 is 33.3 Å². The highest BCUT2D eigenvalue weighted by molar-refractivity contribution is 5.97. The first-order valence-corrected chi connectivity index (χ1v) is 12.9. The zero-order valence-electron chi connectivity index (χ0n) is 24.3. The molecule has 2 rings (SSSR count). The number of carbonyl (C=O) groups excluding carboxylic acids is 3. The lowest BCUT2D eigenvalue weighted by atomic mass is 9.86. The maximum atomic E-state index is 13.2. The summed E-state index contributed by atoms with van der Waals surface area (Å²) in [6, 6.07) is 13.7. The molecule has 218 valence electrons. The lowest BCUT2D eigenvalue weighted by molar-refractivity contribution is -0.152. The minimum atomic E-state index is -1.09. The van der Waals surface area contributed by atoms with E-state index in [1.807, 2.05) is 48.5 Å². The van der Waals surface area contributed by atoms with Gasteiger partial charge in [-0.3, -0.25) is 14.6 Å². The van der Waals surface area contributed by atoms with Crippen LogP contribution in [-0.2, 0) is 33.3 Å². The number of benzene rings is 2. The van der Waals surface area contributed by atoms with Gasteiger partial charge in [-0.1, -0.05) is 36.1 Å². The number of aliphatic imine (C=N–C) groups is 1. The van der Waals surface area contributed by atoms with E-state index in [0.717, 1.165) is 11.1 Å². The van der Waals surface area contributed by atoms with Crippen molar-refractivity contribution in [1.82, 2.24) is 5.32 Å². The molecule has 0 spiro atoms. The molecule has 0 aliphatic heterocycles. The molecule has 1 N–H and O–H groups in total. The molecule has 2 aromatic rings. The number of amides is 1. The molecule has 2 aromatic carbocycles. The van der Waals surface area contributed by atoms with Gasteiger partial charge in [-0.15, -0.1) is 12.8 Å². The van der Waals surface area contributed by atoms with Crippen molar-refractivity contribution in [2.45, 2.75) is 45.8 Å². The number of terminal acetylenes is 2. The van der Waals surface area contributed by atoms with E-state index in [-0.39, 0.29) is 23.1 Å². The number of allylic oxidation sites excluding steroid dienone is 1. The second-order valence-corrected chi connectivity index (χ2v) is 8.94. The Morgan fingerprint density at radius 3 is 1.90 bits per heavy atom. The van der Waals surface area contributed by atoms with Crippen molar-refractivity contribution in [1.29, 1.82) is 0 Å². The molecule has 0 radical (unpaired) electrons. The van der Waals surface area contributed by atoms with Gasteiger partial charge in [0.05, 0.1) is 7.11 Å². The van der Waals surface area contributed by atoms with Crippen molar-refractivity contribution in [3.8, 4) is 24.7 Å². The van der Waals surface area contributed by atoms with E-state index in [1.54, 1.807) is 13.8 Å². The fourth-order valence-corrected chi connectivity index (χ4v) is 4.00. The van der Waals surface area contributed by atoms with Crippen LogP contribution in [0.5, 0.6) is 0 Å². The second kappa shape index (κ2) is 16.1. The van der Waals surface area contributed by atoms with Gasteiger partial charge in [0.1, 0.15) is 12.1 Å². The van der Waals surface area contributed by atoms with Crippen LogP contribution in [0.15, 0.2) is 76.8 Å². The third-order valence-electron chi connectivity index (χ3n) is 6.11. The number of rotatable bonds is 13. The number of hydrogen-bond donors (Lipinski definition) is 1. The lowest BCUT2D eigenvalue weighted by Gasteiger charge is -2.27. The minimum absolute atomic E-state index is 0.131. The molecule has 0 saturated carbocycles. The fourth-order valence-electron chi connectivity index (χ4n) is 4.00. The van der Waals surface area contributed by atoms with Gasteiger partial charge >= 0.3 is 11.9 Å². The van der Waals surface area contributed by atoms with Gasteiger partial charge in [-0.05, 0) is 69.0 Å². The van der Waals surface area contributed by atoms with Gasteiger partial charge in [0, 0.05) is 24.0 Å². The molecule has 9 heteroatoms. The molecule has 0 heterocycles. The summed E-state index contributed by atoms with van der Waals surface area (Å²) < 4.78 is 21.3. The van der Waals surface area contributed by atoms with Gasteiger partial charge < -0.3 is 24.3 Å². The van der Waals surface area contributed by atoms with Crippen molar-refractivity contribution in [3.63, 3.8) is 0 Å². The van der Waals surface area contributed by atoms with E-state index >= 15 is 0 Å². The Morgan fingerprint density at radius 1 is 0.976 bits per heavy atom. The lowest BCUT2D eigenvalue weighted by Crippen LogP contribution is -2.42. The minimum Gasteiger partial charge on any atom is -0.493 e. The van der Waals surface area contributed by atoms with E-state index in [4.69, 9.17) is 31.8 Å². The van der Waals surface area contributed by atoms with Gasteiger partial charge in [0.25, 0.3) is 5.91 Å². The number of nitrogens with one attached hydrogen (secondary N) is 1. The smallest absolute Gasteiger partial charge is 0.328 e. The maximum absolute atomic E-state index is 13.2. The SMILES string of the molecule is C#Cc1ccc(C(c2ccc(C#C)cc2)[C@H](C)OC(=O)[C@H](C)NC(=O)/C(N=C)=C(OCOC(C)=O)/C(=C\C)OC)cc1. The number of esters is 2. The van der Waals surface area contributed by atoms with E-state index in [9.17, 15) is 14.4 Å². The zero-order valence-corrected chi connectivity index (χ0v) is 24.3. The first-order chi connectivity index (χ1) is 20.1. The number of ether oxygens (including phenoxy) is 4. The summed E-state index contributed by atoms with van der Waals surface area (Å²) in [4.78, 5) is 41.2. The molecule has 0 aromatic heterocycles. The summed E-state index contributed by atoms with van der Waals surface area (Å²) in [7, 11) is 1.36. The quantitative estimate of drug-likeness (QED) is 0.0730. The van der Waals surface area contributed by atoms with Crippen molar-refractivity contribution in [3.05, 3.63) is 94.1 Å². The Labute approximate surface area is 246 Å². The Morgan fingerprint density at radius 2 is 1.50 bits per heavy atom. The second-order valence-electron chi connectivity index (χ2n) is 8.94. The molecule has 1 amide bonds. The van der Waals surface area contributed by atoms with Crippen LogP contribution in [0.4, 0.5) is 0 Å². The Balaban J connectivity index is 2.30. The molecule has 42 heavy (non-hydrogen) atoms. The van der Waals surface area contributed by atoms with Crippen molar-refractivity contribution in [2.24, 2.45) is 4.99 Å². The molecular weight excluding hydrogens is 536 g/mol. The van der Waals surface area contributed by atoms with Gasteiger partial charge in [-0.25, -0.2) is 4.79 Å².